The maximum atomic E-state index is 6.81. The molecule has 0 unspecified atom stereocenters. The molecular formula is C55H54N4OPt. The Morgan fingerprint density at radius 2 is 1.13 bits per heavy atom. The van der Waals surface area contributed by atoms with Crippen molar-refractivity contribution in [3.63, 3.8) is 0 Å². The Morgan fingerprint density at radius 3 is 1.80 bits per heavy atom. The van der Waals surface area contributed by atoms with E-state index in [1.165, 1.54) is 44.6 Å². The zero-order valence-corrected chi connectivity index (χ0v) is 38.9. The van der Waals surface area contributed by atoms with Crippen LogP contribution in [0.5, 0.6) is 11.5 Å². The molecule has 61 heavy (non-hydrogen) atoms. The molecule has 0 saturated heterocycles. The van der Waals surface area contributed by atoms with Crippen LogP contribution in [-0.4, -0.2) is 14.1 Å². The number of fused-ring (bicyclic) bond motifs is 4. The quantitative estimate of drug-likeness (QED) is 0.167. The molecule has 0 N–H and O–H groups in total. The van der Waals surface area contributed by atoms with E-state index in [2.05, 4.69) is 235 Å². The van der Waals surface area contributed by atoms with Gasteiger partial charge in [0.25, 0.3) is 0 Å². The van der Waals surface area contributed by atoms with Crippen molar-refractivity contribution in [1.29, 1.82) is 0 Å². The number of anilines is 2. The van der Waals surface area contributed by atoms with Crippen molar-refractivity contribution < 1.29 is 24.1 Å². The normalized spacial score (nSPS) is 13.0. The van der Waals surface area contributed by atoms with E-state index in [0.29, 0.717) is 6.54 Å². The van der Waals surface area contributed by atoms with Gasteiger partial charge in [-0.3, -0.25) is 0 Å². The summed E-state index contributed by atoms with van der Waals surface area (Å²) in [5.74, 6) is 2.47. The average Bonchev–Trinajstić information content (AvgIpc) is 3.54. The third kappa shape index (κ3) is 7.86. The van der Waals surface area contributed by atoms with Crippen LogP contribution in [0.2, 0.25) is 0 Å². The predicted octanol–water partition coefficient (Wildman–Crippen LogP) is 14.6. The first-order valence-electron chi connectivity index (χ1n) is 21.2. The van der Waals surface area contributed by atoms with E-state index >= 15 is 0 Å². The molecule has 0 bridgehead atoms. The van der Waals surface area contributed by atoms with Crippen LogP contribution in [-0.2, 0) is 42.1 Å². The number of benzene rings is 6. The SMILES string of the molecule is CC(C)(C)c1cc(-n2[c](=[Pt])n(-c3cccc(Oc4ccc5c(c4)N(c4cc(C(C)(C)C)ccn4)Cc4cc(-c6ccccc6)ccc4-5)c3)c3ccccc32)cc(C(C)(C)C)c1. The zero-order chi connectivity index (χ0) is 42.8. The van der Waals surface area contributed by atoms with Crippen molar-refractivity contribution in [3.05, 3.63) is 178 Å². The second-order valence-corrected chi connectivity index (χ2v) is 20.4. The number of imidazole rings is 1. The molecule has 0 atom stereocenters. The van der Waals surface area contributed by atoms with Gasteiger partial charge in [-0.1, -0.05) is 57.2 Å². The molecule has 0 aliphatic carbocycles. The molecule has 5 nitrogen and oxygen atoms in total. The first kappa shape index (κ1) is 40.6. The number of hydrogen-bond acceptors (Lipinski definition) is 3. The van der Waals surface area contributed by atoms with Gasteiger partial charge in [-0.25, -0.2) is 0 Å². The van der Waals surface area contributed by atoms with Crippen molar-refractivity contribution in [1.82, 2.24) is 14.1 Å². The number of pyridine rings is 1. The van der Waals surface area contributed by atoms with Gasteiger partial charge in [0.2, 0.25) is 0 Å². The summed E-state index contributed by atoms with van der Waals surface area (Å²) < 4.78 is 12.6. The standard InChI is InChI=1S/C55H54N4O.Pt/c1-53(2,3)40-26-27-56-52(32-40)57-35-39-28-38(37-16-11-10-12-17-37)22-24-47(39)48-25-23-46(34-51(48)57)60-45-19-15-18-43(33-45)58-36-59(50-21-14-13-20-49(50)58)44-30-41(54(4,5)6)29-42(31-44)55(7,8)9;/h10-34H,35H2,1-9H3;. The molecule has 0 spiro atoms. The van der Waals surface area contributed by atoms with Crippen molar-refractivity contribution in [2.75, 3.05) is 4.90 Å². The topological polar surface area (TPSA) is 35.2 Å². The van der Waals surface area contributed by atoms with Crippen molar-refractivity contribution in [2.45, 2.75) is 85.1 Å². The van der Waals surface area contributed by atoms with Crippen LogP contribution in [0, 0.1) is 3.80 Å². The van der Waals surface area contributed by atoms with E-state index in [0.717, 1.165) is 49.1 Å². The Bertz CT molecular complexity index is 2980. The number of hydrogen-bond donors (Lipinski definition) is 0. The van der Waals surface area contributed by atoms with Crippen molar-refractivity contribution in [3.8, 4) is 45.1 Å². The molecule has 6 heteroatoms. The molecule has 3 heterocycles. The number of rotatable bonds is 6. The fraction of sp³-hybridized carbons (Fsp3) is 0.236. The van der Waals surface area contributed by atoms with E-state index in [1.807, 2.05) is 12.3 Å². The van der Waals surface area contributed by atoms with Gasteiger partial charge in [-0.05, 0) is 34.2 Å². The zero-order valence-electron chi connectivity index (χ0n) is 36.7. The molecule has 1 aliphatic heterocycles. The summed E-state index contributed by atoms with van der Waals surface area (Å²) in [4.78, 5) is 7.30. The molecular weight excluding hydrogens is 928 g/mol. The van der Waals surface area contributed by atoms with E-state index in [9.17, 15) is 0 Å². The minimum absolute atomic E-state index is 0.00219. The summed E-state index contributed by atoms with van der Waals surface area (Å²) in [6, 6.07) is 52.6. The fourth-order valence-corrected chi connectivity index (χ4v) is 9.48. The van der Waals surface area contributed by atoms with Crippen LogP contribution < -0.4 is 9.64 Å². The first-order valence-corrected chi connectivity index (χ1v) is 22.4. The Morgan fingerprint density at radius 1 is 0.508 bits per heavy atom. The first-order chi connectivity index (χ1) is 29.0. The maximum absolute atomic E-state index is 6.81. The van der Waals surface area contributed by atoms with Gasteiger partial charge in [-0.15, -0.1) is 0 Å². The summed E-state index contributed by atoms with van der Waals surface area (Å²) in [7, 11) is 0. The van der Waals surface area contributed by atoms with Crippen LogP contribution >= 0.6 is 0 Å². The second-order valence-electron chi connectivity index (χ2n) is 19.4. The summed E-state index contributed by atoms with van der Waals surface area (Å²) in [6.07, 6.45) is 1.94. The van der Waals surface area contributed by atoms with Crippen LogP contribution in [0.4, 0.5) is 11.5 Å². The van der Waals surface area contributed by atoms with Crippen LogP contribution in [0.3, 0.4) is 0 Å². The Balaban J connectivity index is 1.12. The summed E-state index contributed by atoms with van der Waals surface area (Å²) >= 11 is 2.50. The Kier molecular flexibility index (Phi) is 10.2. The third-order valence-electron chi connectivity index (χ3n) is 11.9. The van der Waals surface area contributed by atoms with E-state index < -0.39 is 0 Å². The molecule has 0 fully saturated rings. The summed E-state index contributed by atoms with van der Waals surface area (Å²) in [5, 5.41) is 0. The molecule has 2 aromatic heterocycles. The van der Waals surface area contributed by atoms with Gasteiger partial charge in [-0.2, -0.15) is 0 Å². The van der Waals surface area contributed by atoms with Crippen LogP contribution in [0.1, 0.15) is 84.6 Å². The minimum atomic E-state index is -0.0152. The van der Waals surface area contributed by atoms with Gasteiger partial charge in [0, 0.05) is 6.20 Å². The molecule has 6 aromatic carbocycles. The predicted molar refractivity (Wildman–Crippen MR) is 249 cm³/mol. The molecule has 0 radical (unpaired) electrons. The number of aromatic nitrogens is 3. The van der Waals surface area contributed by atoms with Crippen LogP contribution in [0.25, 0.3) is 44.7 Å². The van der Waals surface area contributed by atoms with E-state index in [-0.39, 0.29) is 16.2 Å². The summed E-state index contributed by atoms with van der Waals surface area (Å²) in [6.45, 7) is 21.2. The summed E-state index contributed by atoms with van der Waals surface area (Å²) in [5.41, 5.74) is 15.5. The second kappa shape index (κ2) is 15.3. The van der Waals surface area contributed by atoms with Crippen LogP contribution in [0.15, 0.2) is 152 Å². The van der Waals surface area contributed by atoms with E-state index in [1.54, 1.807) is 0 Å². The van der Waals surface area contributed by atoms with Crippen molar-refractivity contribution >= 4 is 22.5 Å². The van der Waals surface area contributed by atoms with Gasteiger partial charge in [0.15, 0.2) is 0 Å². The van der Waals surface area contributed by atoms with Gasteiger partial charge in [0.1, 0.15) is 0 Å². The molecule has 8 aromatic rings. The van der Waals surface area contributed by atoms with Crippen molar-refractivity contribution in [2.24, 2.45) is 0 Å². The molecule has 9 rings (SSSR count). The number of para-hydroxylation sites is 2. The fourth-order valence-electron chi connectivity index (χ4n) is 8.35. The van der Waals surface area contributed by atoms with Gasteiger partial charge < -0.3 is 0 Å². The number of nitrogens with zero attached hydrogens (tertiary/aromatic N) is 4. The van der Waals surface area contributed by atoms with Gasteiger partial charge >= 0.3 is 276 Å². The molecule has 1 aliphatic rings. The Hall–Kier alpha value is -5.77. The molecule has 0 saturated carbocycles. The number of ether oxygens (including phenoxy) is 1. The third-order valence-corrected chi connectivity index (χ3v) is 12.9. The average molecular weight is 982 g/mol. The Labute approximate surface area is 371 Å². The molecule has 310 valence electrons. The van der Waals surface area contributed by atoms with Gasteiger partial charge in [0.05, 0.1) is 0 Å². The van der Waals surface area contributed by atoms with E-state index in [4.69, 9.17) is 9.72 Å². The molecule has 0 amide bonds. The monoisotopic (exact) mass is 981 g/mol.